The van der Waals surface area contributed by atoms with E-state index in [0.717, 1.165) is 36.0 Å². The fraction of sp³-hybridized carbons (Fsp3) is 0.581. The van der Waals surface area contributed by atoms with Crippen molar-refractivity contribution in [3.8, 4) is 0 Å². The van der Waals surface area contributed by atoms with Gasteiger partial charge < -0.3 is 4.74 Å². The average Bonchev–Trinajstić information content (AvgIpc) is 3.07. The van der Waals surface area contributed by atoms with Crippen molar-refractivity contribution in [1.29, 1.82) is 0 Å². The summed E-state index contributed by atoms with van der Waals surface area (Å²) in [5.41, 5.74) is 3.19. The SMILES string of the molecule is COC(=O)/C(C)=C/C=C/C(C)=C/C=C/C(C)=C1\C(=O)CC2[C@@]3(C)CCC(=O)C(C)(C)C3CC[C@]12C. The molecule has 0 heterocycles. The molecule has 0 radical (unpaired) electrons. The van der Waals surface area contributed by atoms with Gasteiger partial charge in [-0.25, -0.2) is 4.79 Å². The third-order valence-corrected chi connectivity index (χ3v) is 9.35. The van der Waals surface area contributed by atoms with Gasteiger partial charge in [0, 0.05) is 34.8 Å². The third kappa shape index (κ3) is 4.81. The van der Waals surface area contributed by atoms with Gasteiger partial charge in [-0.1, -0.05) is 69.7 Å². The first-order valence-electron chi connectivity index (χ1n) is 12.8. The fourth-order valence-corrected chi connectivity index (χ4v) is 7.44. The molecule has 0 aromatic heterocycles. The summed E-state index contributed by atoms with van der Waals surface area (Å²) in [6.45, 7) is 14.7. The number of allylic oxidation sites excluding steroid dienone is 9. The molecule has 35 heavy (non-hydrogen) atoms. The molecule has 4 atom stereocenters. The first-order chi connectivity index (χ1) is 16.3. The number of carbonyl (C=O) groups is 3. The molecule has 2 unspecified atom stereocenters. The van der Waals surface area contributed by atoms with Crippen molar-refractivity contribution in [2.24, 2.45) is 28.1 Å². The van der Waals surface area contributed by atoms with E-state index in [9.17, 15) is 14.4 Å². The fourth-order valence-electron chi connectivity index (χ4n) is 7.44. The highest BCUT2D eigenvalue weighted by molar-refractivity contribution is 6.01. The molecule has 190 valence electrons. The van der Waals surface area contributed by atoms with E-state index >= 15 is 0 Å². The number of esters is 1. The van der Waals surface area contributed by atoms with Crippen LogP contribution in [-0.2, 0) is 19.1 Å². The standard InChI is InChI=1S/C31H42O4/c1-20(12-10-14-22(3)28(34)35-8)11-9-13-21(2)27-23(32)19-25-30(6)18-16-26(33)29(4,5)24(30)15-17-31(25,27)7/h9-14,24-25H,15-19H2,1-8H3/b12-10+,13-9+,20-11+,22-14+,27-21+/t24?,25?,30-,31-/m0/s1. The van der Waals surface area contributed by atoms with Crippen molar-refractivity contribution in [2.75, 3.05) is 7.11 Å². The zero-order valence-corrected chi connectivity index (χ0v) is 22.8. The van der Waals surface area contributed by atoms with Crippen LogP contribution in [0.2, 0.25) is 0 Å². The van der Waals surface area contributed by atoms with Crippen LogP contribution in [0.3, 0.4) is 0 Å². The molecule has 4 nitrogen and oxygen atoms in total. The molecule has 0 bridgehead atoms. The number of fused-ring (bicyclic) bond motifs is 3. The minimum Gasteiger partial charge on any atom is -0.466 e. The lowest BCUT2D eigenvalue weighted by atomic mass is 9.43. The molecule has 3 rings (SSSR count). The van der Waals surface area contributed by atoms with E-state index < -0.39 is 0 Å². The number of Topliss-reactive ketones (excluding diaryl/α,β-unsaturated/α-hetero) is 2. The van der Waals surface area contributed by atoms with Gasteiger partial charge in [-0.15, -0.1) is 0 Å². The highest BCUT2D eigenvalue weighted by Gasteiger charge is 2.64. The Labute approximate surface area is 211 Å². The van der Waals surface area contributed by atoms with Gasteiger partial charge in [-0.2, -0.15) is 0 Å². The minimum atomic E-state index is -0.335. The van der Waals surface area contributed by atoms with E-state index in [0.29, 0.717) is 30.1 Å². The number of methoxy groups -OCH3 is 1. The highest BCUT2D eigenvalue weighted by Crippen LogP contribution is 2.68. The highest BCUT2D eigenvalue weighted by atomic mass is 16.5. The van der Waals surface area contributed by atoms with Crippen molar-refractivity contribution in [3.63, 3.8) is 0 Å². The molecular weight excluding hydrogens is 436 g/mol. The van der Waals surface area contributed by atoms with Gasteiger partial charge in [0.15, 0.2) is 5.78 Å². The number of ether oxygens (including phenoxy) is 1. The first-order valence-corrected chi connectivity index (χ1v) is 12.8. The van der Waals surface area contributed by atoms with Gasteiger partial charge in [0.05, 0.1) is 7.11 Å². The molecule has 4 heteroatoms. The Bertz CT molecular complexity index is 1060. The van der Waals surface area contributed by atoms with Crippen molar-refractivity contribution < 1.29 is 19.1 Å². The summed E-state index contributed by atoms with van der Waals surface area (Å²) in [7, 11) is 1.37. The normalized spacial score (nSPS) is 34.9. The molecule has 0 aliphatic heterocycles. The molecule has 0 aromatic carbocycles. The third-order valence-electron chi connectivity index (χ3n) is 9.35. The van der Waals surface area contributed by atoms with E-state index in [1.165, 1.54) is 7.11 Å². The second-order valence-corrected chi connectivity index (χ2v) is 11.9. The largest absolute Gasteiger partial charge is 0.466 e. The molecule has 0 spiro atoms. The summed E-state index contributed by atoms with van der Waals surface area (Å²) < 4.78 is 4.70. The van der Waals surface area contributed by atoms with Crippen LogP contribution in [0.5, 0.6) is 0 Å². The lowest BCUT2D eigenvalue weighted by Gasteiger charge is -2.60. The van der Waals surface area contributed by atoms with Gasteiger partial charge in [0.25, 0.3) is 0 Å². The van der Waals surface area contributed by atoms with Crippen LogP contribution < -0.4 is 0 Å². The van der Waals surface area contributed by atoms with E-state index in [1.54, 1.807) is 13.0 Å². The van der Waals surface area contributed by atoms with Crippen molar-refractivity contribution >= 4 is 17.5 Å². The topological polar surface area (TPSA) is 60.4 Å². The van der Waals surface area contributed by atoms with Crippen LogP contribution in [0.1, 0.15) is 80.6 Å². The van der Waals surface area contributed by atoms with E-state index in [1.807, 2.05) is 31.2 Å². The average molecular weight is 479 g/mol. The lowest BCUT2D eigenvalue weighted by molar-refractivity contribution is -0.154. The summed E-state index contributed by atoms with van der Waals surface area (Å²) in [5, 5.41) is 0. The number of hydrogen-bond acceptors (Lipinski definition) is 4. The Morgan fingerprint density at radius 3 is 2.26 bits per heavy atom. The van der Waals surface area contributed by atoms with Gasteiger partial charge in [-0.3, -0.25) is 9.59 Å². The van der Waals surface area contributed by atoms with Crippen LogP contribution in [0, 0.1) is 28.1 Å². The number of ketones is 2. The maximum absolute atomic E-state index is 13.4. The molecule has 3 aliphatic rings. The summed E-state index contributed by atoms with van der Waals surface area (Å²) in [4.78, 5) is 37.6. The second-order valence-electron chi connectivity index (χ2n) is 11.9. The van der Waals surface area contributed by atoms with Gasteiger partial charge in [-0.05, 0) is 62.9 Å². The Morgan fingerprint density at radius 1 is 0.943 bits per heavy atom. The summed E-state index contributed by atoms with van der Waals surface area (Å²) >= 11 is 0. The molecule has 0 amide bonds. The van der Waals surface area contributed by atoms with Crippen molar-refractivity contribution in [2.45, 2.75) is 80.6 Å². The quantitative estimate of drug-likeness (QED) is 0.245. The molecule has 3 aliphatic carbocycles. The van der Waals surface area contributed by atoms with Crippen LogP contribution in [0.15, 0.2) is 58.7 Å². The molecule has 0 saturated heterocycles. The molecule has 0 N–H and O–H groups in total. The predicted molar refractivity (Wildman–Crippen MR) is 141 cm³/mol. The summed E-state index contributed by atoms with van der Waals surface area (Å²) in [6.07, 6.45) is 15.6. The van der Waals surface area contributed by atoms with Gasteiger partial charge >= 0.3 is 5.97 Å². The molecule has 3 fully saturated rings. The number of carbonyl (C=O) groups excluding carboxylic acids is 3. The van der Waals surface area contributed by atoms with Crippen LogP contribution in [0.25, 0.3) is 0 Å². The maximum Gasteiger partial charge on any atom is 0.333 e. The number of rotatable bonds is 5. The van der Waals surface area contributed by atoms with Crippen molar-refractivity contribution in [1.82, 2.24) is 0 Å². The molecular formula is C31H42O4. The molecule has 0 aromatic rings. The lowest BCUT2D eigenvalue weighted by Crippen LogP contribution is -2.56. The smallest absolute Gasteiger partial charge is 0.333 e. The van der Waals surface area contributed by atoms with Crippen molar-refractivity contribution in [3.05, 3.63) is 58.7 Å². The Kier molecular flexibility index (Phi) is 7.64. The van der Waals surface area contributed by atoms with E-state index in [2.05, 4.69) is 40.7 Å². The first kappa shape index (κ1) is 27.1. The monoisotopic (exact) mass is 478 g/mol. The van der Waals surface area contributed by atoms with E-state index in [-0.39, 0.29) is 33.9 Å². The Morgan fingerprint density at radius 2 is 1.60 bits per heavy atom. The van der Waals surface area contributed by atoms with Crippen LogP contribution >= 0.6 is 0 Å². The zero-order valence-electron chi connectivity index (χ0n) is 22.8. The predicted octanol–water partition coefficient (Wildman–Crippen LogP) is 6.88. The minimum absolute atomic E-state index is 0.0168. The molecule has 3 saturated carbocycles. The maximum atomic E-state index is 13.4. The second kappa shape index (κ2) is 9.87. The van der Waals surface area contributed by atoms with Gasteiger partial charge in [0.1, 0.15) is 5.78 Å². The number of hydrogen-bond donors (Lipinski definition) is 0. The van der Waals surface area contributed by atoms with Crippen LogP contribution in [-0.4, -0.2) is 24.6 Å². The summed E-state index contributed by atoms with van der Waals surface area (Å²) in [5.74, 6) is 0.955. The Hall–Kier alpha value is -2.49. The van der Waals surface area contributed by atoms with Gasteiger partial charge in [0.2, 0.25) is 0 Å². The zero-order chi connectivity index (χ0) is 26.2. The van der Waals surface area contributed by atoms with E-state index in [4.69, 9.17) is 4.74 Å². The van der Waals surface area contributed by atoms with Crippen LogP contribution in [0.4, 0.5) is 0 Å². The summed E-state index contributed by atoms with van der Waals surface area (Å²) in [6, 6.07) is 0. The Balaban J connectivity index is 1.83.